The lowest BCUT2D eigenvalue weighted by Crippen LogP contribution is -2.37. The van der Waals surface area contributed by atoms with Crippen LogP contribution in [0.4, 0.5) is 0 Å². The topological polar surface area (TPSA) is 76.8 Å². The number of likely N-dealkylation sites (N-methyl/N-ethyl adjacent to an activating group) is 1. The Hall–Kier alpha value is -3.09. The van der Waals surface area contributed by atoms with E-state index in [0.29, 0.717) is 19.4 Å². The molecule has 7 heteroatoms. The average molecular weight is 336 g/mol. The lowest BCUT2D eigenvalue weighted by molar-refractivity contribution is -0.133. The molecule has 3 aromatic rings. The van der Waals surface area contributed by atoms with Crippen LogP contribution in [0.2, 0.25) is 0 Å². The fourth-order valence-electron chi connectivity index (χ4n) is 2.64. The molecule has 0 spiro atoms. The minimum Gasteiger partial charge on any atom is -0.343 e. The molecule has 7 nitrogen and oxygen atoms in total. The molecule has 0 aliphatic heterocycles. The van der Waals surface area contributed by atoms with Crippen LogP contribution >= 0.6 is 0 Å². The van der Waals surface area contributed by atoms with Crippen LogP contribution in [0.3, 0.4) is 0 Å². The number of pyridine rings is 1. The summed E-state index contributed by atoms with van der Waals surface area (Å²) in [5.74, 6) is -0.0212. The highest BCUT2D eigenvalue weighted by atomic mass is 16.2. The molecule has 2 heterocycles. The van der Waals surface area contributed by atoms with Crippen LogP contribution < -0.4 is 0 Å². The van der Waals surface area contributed by atoms with Crippen molar-refractivity contribution in [2.75, 3.05) is 13.6 Å². The van der Waals surface area contributed by atoms with Gasteiger partial charge in [-0.2, -0.15) is 0 Å². The average Bonchev–Trinajstić information content (AvgIpc) is 3.20. The number of hydrogen-bond donors (Lipinski definition) is 0. The Morgan fingerprint density at radius 1 is 1.16 bits per heavy atom. The van der Waals surface area contributed by atoms with Gasteiger partial charge in [-0.1, -0.05) is 36.4 Å². The van der Waals surface area contributed by atoms with Gasteiger partial charge in [0.2, 0.25) is 5.91 Å². The van der Waals surface area contributed by atoms with Gasteiger partial charge in [0.25, 0.3) is 0 Å². The summed E-state index contributed by atoms with van der Waals surface area (Å²) < 4.78 is 1.52. The minimum atomic E-state index is -0.467. The zero-order chi connectivity index (χ0) is 17.5. The molecule has 1 unspecified atom stereocenters. The van der Waals surface area contributed by atoms with Crippen molar-refractivity contribution in [1.82, 2.24) is 30.1 Å². The molecule has 2 aromatic heterocycles. The first kappa shape index (κ1) is 16.8. The molecular formula is C18H20N6O. The maximum Gasteiger partial charge on any atom is 0.247 e. The molecule has 0 fully saturated rings. The smallest absolute Gasteiger partial charge is 0.247 e. The molecule has 1 amide bonds. The van der Waals surface area contributed by atoms with E-state index >= 15 is 0 Å². The van der Waals surface area contributed by atoms with Gasteiger partial charge in [-0.3, -0.25) is 9.78 Å². The Morgan fingerprint density at radius 2 is 1.96 bits per heavy atom. The summed E-state index contributed by atoms with van der Waals surface area (Å²) in [6, 6.07) is 15.2. The largest absolute Gasteiger partial charge is 0.343 e. The van der Waals surface area contributed by atoms with E-state index < -0.39 is 6.04 Å². The predicted molar refractivity (Wildman–Crippen MR) is 92.6 cm³/mol. The summed E-state index contributed by atoms with van der Waals surface area (Å²) in [5.41, 5.74) is 2.03. The van der Waals surface area contributed by atoms with E-state index in [4.69, 9.17) is 0 Å². The second-order valence-corrected chi connectivity index (χ2v) is 5.83. The van der Waals surface area contributed by atoms with Crippen molar-refractivity contribution in [3.8, 4) is 0 Å². The number of carbonyl (C=O) groups excluding carboxylic acids is 1. The van der Waals surface area contributed by atoms with E-state index in [1.807, 2.05) is 48.5 Å². The molecule has 1 aromatic carbocycles. The zero-order valence-electron chi connectivity index (χ0n) is 14.1. The summed E-state index contributed by atoms with van der Waals surface area (Å²) in [6.07, 6.45) is 4.49. The van der Waals surface area contributed by atoms with Crippen molar-refractivity contribution < 1.29 is 4.79 Å². The standard InChI is InChI=1S/C18H20N6O/c1-23(12-10-16-9-5-6-11-19-16)18(25)17(24-14-20-21-22-24)13-15-7-3-2-4-8-15/h2-9,11,14,17H,10,12-13H2,1H3. The summed E-state index contributed by atoms with van der Waals surface area (Å²) in [5, 5.41) is 11.3. The van der Waals surface area contributed by atoms with E-state index in [1.165, 1.54) is 11.0 Å². The van der Waals surface area contributed by atoms with Crippen LogP contribution in [-0.4, -0.2) is 49.6 Å². The maximum absolute atomic E-state index is 13.0. The SMILES string of the molecule is CN(CCc1ccccn1)C(=O)C(Cc1ccccc1)n1cnnn1. The number of amides is 1. The van der Waals surface area contributed by atoms with Gasteiger partial charge in [0, 0.05) is 38.3 Å². The first-order valence-electron chi connectivity index (χ1n) is 8.15. The normalized spacial score (nSPS) is 11.9. The van der Waals surface area contributed by atoms with Crippen LogP contribution in [0, 0.1) is 0 Å². The summed E-state index contributed by atoms with van der Waals surface area (Å²) in [4.78, 5) is 19.0. The molecule has 0 aliphatic carbocycles. The molecule has 128 valence electrons. The molecule has 25 heavy (non-hydrogen) atoms. The molecular weight excluding hydrogens is 316 g/mol. The number of hydrogen-bond acceptors (Lipinski definition) is 5. The number of rotatable bonds is 7. The van der Waals surface area contributed by atoms with Crippen molar-refractivity contribution in [2.45, 2.75) is 18.9 Å². The fourth-order valence-corrected chi connectivity index (χ4v) is 2.64. The van der Waals surface area contributed by atoms with Crippen LogP contribution in [0.25, 0.3) is 0 Å². The fraction of sp³-hybridized carbons (Fsp3) is 0.278. The molecule has 3 rings (SSSR count). The summed E-state index contributed by atoms with van der Waals surface area (Å²) in [6.45, 7) is 0.587. The summed E-state index contributed by atoms with van der Waals surface area (Å²) in [7, 11) is 1.80. The minimum absolute atomic E-state index is 0.0212. The van der Waals surface area contributed by atoms with E-state index in [9.17, 15) is 4.79 Å². The highest BCUT2D eigenvalue weighted by Gasteiger charge is 2.25. The van der Waals surface area contributed by atoms with Crippen LogP contribution in [0.1, 0.15) is 17.3 Å². The van der Waals surface area contributed by atoms with Gasteiger partial charge < -0.3 is 4.90 Å². The Bertz CT molecular complexity index is 776. The third-order valence-electron chi connectivity index (χ3n) is 4.05. The van der Waals surface area contributed by atoms with Gasteiger partial charge in [0.15, 0.2) is 0 Å². The monoisotopic (exact) mass is 336 g/mol. The van der Waals surface area contributed by atoms with E-state index in [-0.39, 0.29) is 5.91 Å². The first-order chi connectivity index (χ1) is 12.2. The first-order valence-corrected chi connectivity index (χ1v) is 8.15. The maximum atomic E-state index is 13.0. The van der Waals surface area contributed by atoms with Crippen molar-refractivity contribution in [2.24, 2.45) is 0 Å². The molecule has 1 atom stereocenters. The molecule has 0 saturated heterocycles. The second kappa shape index (κ2) is 8.14. The second-order valence-electron chi connectivity index (χ2n) is 5.83. The Labute approximate surface area is 146 Å². The Kier molecular flexibility index (Phi) is 5.46. The third-order valence-corrected chi connectivity index (χ3v) is 4.05. The zero-order valence-corrected chi connectivity index (χ0v) is 14.1. The molecule has 0 N–H and O–H groups in total. The van der Waals surface area contributed by atoms with Gasteiger partial charge in [-0.25, -0.2) is 4.68 Å². The van der Waals surface area contributed by atoms with Crippen molar-refractivity contribution in [3.63, 3.8) is 0 Å². The number of nitrogens with zero attached hydrogens (tertiary/aromatic N) is 6. The highest BCUT2D eigenvalue weighted by molar-refractivity contribution is 5.80. The molecule has 0 aliphatic rings. The van der Waals surface area contributed by atoms with Gasteiger partial charge in [-0.15, -0.1) is 5.10 Å². The van der Waals surface area contributed by atoms with Crippen LogP contribution in [-0.2, 0) is 17.6 Å². The van der Waals surface area contributed by atoms with Gasteiger partial charge in [0.05, 0.1) is 0 Å². The number of tetrazole rings is 1. The Morgan fingerprint density at radius 3 is 2.64 bits per heavy atom. The van der Waals surface area contributed by atoms with Crippen molar-refractivity contribution >= 4 is 5.91 Å². The number of aromatic nitrogens is 5. The van der Waals surface area contributed by atoms with Gasteiger partial charge >= 0.3 is 0 Å². The lowest BCUT2D eigenvalue weighted by Gasteiger charge is -2.23. The molecule has 0 radical (unpaired) electrons. The van der Waals surface area contributed by atoms with E-state index in [2.05, 4.69) is 20.5 Å². The quantitative estimate of drug-likeness (QED) is 0.654. The van der Waals surface area contributed by atoms with Crippen LogP contribution in [0.15, 0.2) is 61.1 Å². The van der Waals surface area contributed by atoms with E-state index in [1.54, 1.807) is 18.1 Å². The molecule has 0 saturated carbocycles. The third kappa shape index (κ3) is 4.47. The van der Waals surface area contributed by atoms with E-state index in [0.717, 1.165) is 11.3 Å². The highest BCUT2D eigenvalue weighted by Crippen LogP contribution is 2.16. The Balaban J connectivity index is 1.70. The van der Waals surface area contributed by atoms with Crippen molar-refractivity contribution in [3.05, 3.63) is 72.3 Å². The van der Waals surface area contributed by atoms with Crippen molar-refractivity contribution in [1.29, 1.82) is 0 Å². The van der Waals surface area contributed by atoms with Gasteiger partial charge in [-0.05, 0) is 28.1 Å². The number of benzene rings is 1. The van der Waals surface area contributed by atoms with Crippen LogP contribution in [0.5, 0.6) is 0 Å². The summed E-state index contributed by atoms with van der Waals surface area (Å²) >= 11 is 0. The lowest BCUT2D eigenvalue weighted by atomic mass is 10.0. The molecule has 0 bridgehead atoms. The number of carbonyl (C=O) groups is 1. The predicted octanol–water partition coefficient (Wildman–Crippen LogP) is 1.55. The van der Waals surface area contributed by atoms with Gasteiger partial charge in [0.1, 0.15) is 12.4 Å².